The maximum absolute atomic E-state index is 5.93. The monoisotopic (exact) mass is 294 g/mol. The zero-order valence-corrected chi connectivity index (χ0v) is 11.7. The van der Waals surface area contributed by atoms with Crippen molar-refractivity contribution in [3.63, 3.8) is 0 Å². The molecule has 0 atom stereocenters. The SMILES string of the molecule is Cc1cc2c(Sc3ncccn3)nc(Cl)nc2s1. The first-order valence-corrected chi connectivity index (χ1v) is 7.12. The summed E-state index contributed by atoms with van der Waals surface area (Å²) < 4.78 is 0. The predicted octanol–water partition coefficient (Wildman–Crippen LogP) is 3.59. The van der Waals surface area contributed by atoms with E-state index in [1.165, 1.54) is 16.6 Å². The Bertz CT molecular complexity index is 699. The number of thiophene rings is 1. The first-order valence-electron chi connectivity index (χ1n) is 5.11. The van der Waals surface area contributed by atoms with E-state index in [4.69, 9.17) is 11.6 Å². The highest BCUT2D eigenvalue weighted by molar-refractivity contribution is 7.99. The van der Waals surface area contributed by atoms with Gasteiger partial charge in [0, 0.05) is 22.7 Å². The summed E-state index contributed by atoms with van der Waals surface area (Å²) in [5.74, 6) is 0. The van der Waals surface area contributed by atoms with E-state index in [2.05, 4.69) is 26.0 Å². The van der Waals surface area contributed by atoms with E-state index in [1.807, 2.05) is 6.92 Å². The number of hydrogen-bond acceptors (Lipinski definition) is 6. The zero-order valence-electron chi connectivity index (χ0n) is 9.29. The summed E-state index contributed by atoms with van der Waals surface area (Å²) in [7, 11) is 0. The van der Waals surface area contributed by atoms with E-state index in [-0.39, 0.29) is 5.28 Å². The Morgan fingerprint density at radius 1 is 1.22 bits per heavy atom. The molecule has 0 amide bonds. The molecular formula is C11H7ClN4S2. The van der Waals surface area contributed by atoms with Gasteiger partial charge < -0.3 is 0 Å². The van der Waals surface area contributed by atoms with Gasteiger partial charge in [0.25, 0.3) is 0 Å². The number of aromatic nitrogens is 4. The first-order chi connectivity index (χ1) is 8.72. The predicted molar refractivity (Wildman–Crippen MR) is 73.3 cm³/mol. The number of rotatable bonds is 2. The fourth-order valence-corrected chi connectivity index (χ4v) is 3.50. The van der Waals surface area contributed by atoms with Gasteiger partial charge in [-0.05, 0) is 42.4 Å². The molecule has 90 valence electrons. The van der Waals surface area contributed by atoms with Crippen molar-refractivity contribution in [3.05, 3.63) is 34.7 Å². The van der Waals surface area contributed by atoms with Gasteiger partial charge >= 0.3 is 0 Å². The third-order valence-electron chi connectivity index (χ3n) is 2.18. The second-order valence-corrected chi connectivity index (χ2v) is 6.04. The van der Waals surface area contributed by atoms with Crippen LogP contribution in [0.25, 0.3) is 10.2 Å². The summed E-state index contributed by atoms with van der Waals surface area (Å²) in [6, 6.07) is 3.84. The average molecular weight is 295 g/mol. The van der Waals surface area contributed by atoms with Crippen LogP contribution in [0.4, 0.5) is 0 Å². The second kappa shape index (κ2) is 4.79. The molecule has 0 spiro atoms. The van der Waals surface area contributed by atoms with Crippen molar-refractivity contribution < 1.29 is 0 Å². The Kier molecular flexibility index (Phi) is 3.15. The first kappa shape index (κ1) is 11.8. The molecule has 7 heteroatoms. The van der Waals surface area contributed by atoms with Gasteiger partial charge in [-0.25, -0.2) is 19.9 Å². The standard InChI is InChI=1S/C11H7ClN4S2/c1-6-5-7-8(17-6)15-10(12)16-9(7)18-11-13-3-2-4-14-11/h2-5H,1H3. The van der Waals surface area contributed by atoms with Gasteiger partial charge in [0.05, 0.1) is 0 Å². The molecule has 3 aromatic rings. The Morgan fingerprint density at radius 2 is 2.00 bits per heavy atom. The Hall–Kier alpha value is -1.24. The van der Waals surface area contributed by atoms with Gasteiger partial charge in [0.15, 0.2) is 5.16 Å². The van der Waals surface area contributed by atoms with E-state index >= 15 is 0 Å². The summed E-state index contributed by atoms with van der Waals surface area (Å²) in [6.45, 7) is 2.04. The van der Waals surface area contributed by atoms with Gasteiger partial charge in [-0.2, -0.15) is 0 Å². The molecule has 0 saturated carbocycles. The zero-order chi connectivity index (χ0) is 12.5. The highest BCUT2D eigenvalue weighted by Gasteiger charge is 2.12. The smallest absolute Gasteiger partial charge is 0.224 e. The highest BCUT2D eigenvalue weighted by Crippen LogP contribution is 2.34. The molecule has 0 aliphatic heterocycles. The molecule has 3 heterocycles. The van der Waals surface area contributed by atoms with Gasteiger partial charge in [0.1, 0.15) is 9.86 Å². The van der Waals surface area contributed by atoms with Crippen LogP contribution < -0.4 is 0 Å². The lowest BCUT2D eigenvalue weighted by atomic mass is 10.4. The lowest BCUT2D eigenvalue weighted by molar-refractivity contribution is 0.961. The molecule has 4 nitrogen and oxygen atoms in total. The normalized spacial score (nSPS) is 11.0. The Balaban J connectivity index is 2.10. The molecule has 0 aromatic carbocycles. The maximum atomic E-state index is 5.93. The molecule has 0 aliphatic rings. The molecule has 0 aliphatic carbocycles. The van der Waals surface area contributed by atoms with Crippen LogP contribution >= 0.6 is 34.7 Å². The van der Waals surface area contributed by atoms with Gasteiger partial charge in [-0.3, -0.25) is 0 Å². The van der Waals surface area contributed by atoms with Gasteiger partial charge in [-0.15, -0.1) is 11.3 Å². The molecule has 0 N–H and O–H groups in total. The number of fused-ring (bicyclic) bond motifs is 1. The number of aryl methyl sites for hydroxylation is 1. The highest BCUT2D eigenvalue weighted by atomic mass is 35.5. The minimum atomic E-state index is 0.253. The van der Waals surface area contributed by atoms with Crippen molar-refractivity contribution >= 4 is 44.9 Å². The summed E-state index contributed by atoms with van der Waals surface area (Å²) in [6.07, 6.45) is 3.41. The quantitative estimate of drug-likeness (QED) is 0.534. The number of halogens is 1. The fraction of sp³-hybridized carbons (Fsp3) is 0.0909. The van der Waals surface area contributed by atoms with Crippen LogP contribution in [0.5, 0.6) is 0 Å². The molecule has 0 fully saturated rings. The van der Waals surface area contributed by atoms with Crippen LogP contribution in [-0.4, -0.2) is 19.9 Å². The molecule has 0 saturated heterocycles. The van der Waals surface area contributed by atoms with Crippen LogP contribution in [0.15, 0.2) is 34.7 Å². The lowest BCUT2D eigenvalue weighted by Gasteiger charge is -2.00. The Labute approximate surface area is 116 Å². The van der Waals surface area contributed by atoms with Crippen LogP contribution in [-0.2, 0) is 0 Å². The molecule has 0 unspecified atom stereocenters. The van der Waals surface area contributed by atoms with Gasteiger partial charge in [-0.1, -0.05) is 0 Å². The number of nitrogens with zero attached hydrogens (tertiary/aromatic N) is 4. The molecule has 18 heavy (non-hydrogen) atoms. The van der Waals surface area contributed by atoms with Crippen molar-refractivity contribution in [3.8, 4) is 0 Å². The largest absolute Gasteiger partial charge is 0.231 e. The van der Waals surface area contributed by atoms with Crippen LogP contribution in [0.1, 0.15) is 4.88 Å². The van der Waals surface area contributed by atoms with Crippen molar-refractivity contribution in [2.75, 3.05) is 0 Å². The van der Waals surface area contributed by atoms with Crippen LogP contribution in [0.3, 0.4) is 0 Å². The van der Waals surface area contributed by atoms with Gasteiger partial charge in [0.2, 0.25) is 5.28 Å². The van der Waals surface area contributed by atoms with Crippen molar-refractivity contribution in [1.29, 1.82) is 0 Å². The minimum Gasteiger partial charge on any atom is -0.231 e. The summed E-state index contributed by atoms with van der Waals surface area (Å²) in [4.78, 5) is 18.9. The van der Waals surface area contributed by atoms with Crippen molar-refractivity contribution in [2.24, 2.45) is 0 Å². The van der Waals surface area contributed by atoms with E-state index in [9.17, 15) is 0 Å². The van der Waals surface area contributed by atoms with E-state index in [0.717, 1.165) is 15.2 Å². The van der Waals surface area contributed by atoms with Crippen molar-refractivity contribution in [2.45, 2.75) is 17.1 Å². The molecule has 3 aromatic heterocycles. The molecule has 0 radical (unpaired) electrons. The van der Waals surface area contributed by atoms with E-state index in [1.54, 1.807) is 29.8 Å². The number of hydrogen-bond donors (Lipinski definition) is 0. The third kappa shape index (κ3) is 2.31. The Morgan fingerprint density at radius 3 is 2.78 bits per heavy atom. The van der Waals surface area contributed by atoms with Crippen molar-refractivity contribution in [1.82, 2.24) is 19.9 Å². The third-order valence-corrected chi connectivity index (χ3v) is 4.20. The minimum absolute atomic E-state index is 0.253. The van der Waals surface area contributed by atoms with E-state index < -0.39 is 0 Å². The molecular weight excluding hydrogens is 288 g/mol. The topological polar surface area (TPSA) is 51.6 Å². The van der Waals surface area contributed by atoms with Crippen LogP contribution in [0, 0.1) is 6.92 Å². The molecule has 0 bridgehead atoms. The van der Waals surface area contributed by atoms with E-state index in [0.29, 0.717) is 5.16 Å². The maximum Gasteiger partial charge on any atom is 0.224 e. The van der Waals surface area contributed by atoms with Crippen LogP contribution in [0.2, 0.25) is 5.28 Å². The average Bonchev–Trinajstić information content (AvgIpc) is 2.71. The fourth-order valence-electron chi connectivity index (χ4n) is 1.49. The summed E-state index contributed by atoms with van der Waals surface area (Å²) in [5.41, 5.74) is 0. The molecule has 3 rings (SSSR count). The lowest BCUT2D eigenvalue weighted by Crippen LogP contribution is -1.89. The summed E-state index contributed by atoms with van der Waals surface area (Å²) in [5, 5.41) is 2.69. The second-order valence-electron chi connectivity index (χ2n) is 3.51. The summed E-state index contributed by atoms with van der Waals surface area (Å²) >= 11 is 8.92.